The summed E-state index contributed by atoms with van der Waals surface area (Å²) in [5.41, 5.74) is 6.96. The van der Waals surface area contributed by atoms with Crippen LogP contribution in [0.3, 0.4) is 0 Å². The van der Waals surface area contributed by atoms with Crippen molar-refractivity contribution >= 4 is 18.3 Å². The highest BCUT2D eigenvalue weighted by molar-refractivity contribution is 5.85. The maximum absolute atomic E-state index is 12.1. The van der Waals surface area contributed by atoms with E-state index in [0.29, 0.717) is 13.2 Å². The molecule has 2 atom stereocenters. The maximum Gasteiger partial charge on any atom is 0.237 e. The summed E-state index contributed by atoms with van der Waals surface area (Å²) < 4.78 is 11.2. The Hall–Kier alpha value is -1.34. The Bertz CT molecular complexity index is 539. The van der Waals surface area contributed by atoms with Gasteiger partial charge in [0.15, 0.2) is 0 Å². The van der Waals surface area contributed by atoms with Crippen LogP contribution in [0.2, 0.25) is 0 Å². The number of morpholine rings is 1. The van der Waals surface area contributed by atoms with Crippen LogP contribution in [0.4, 0.5) is 0 Å². The lowest BCUT2D eigenvalue weighted by molar-refractivity contribution is -0.123. The lowest BCUT2D eigenvalue weighted by atomic mass is 9.99. The molecule has 7 heteroatoms. The van der Waals surface area contributed by atoms with E-state index in [0.717, 1.165) is 50.6 Å². The minimum atomic E-state index is -0.460. The van der Waals surface area contributed by atoms with Gasteiger partial charge in [-0.15, -0.1) is 12.4 Å². The quantitative estimate of drug-likeness (QED) is 0.678. The SMILES string of the molecule is CCC(C)C(N)C(=O)NCc1cccc(OCCN2CCOCC2)c1.Cl. The second kappa shape index (κ2) is 12.1. The second-order valence-electron chi connectivity index (χ2n) is 6.58. The second-order valence-corrected chi connectivity index (χ2v) is 6.58. The van der Waals surface area contributed by atoms with E-state index in [1.54, 1.807) is 0 Å². The van der Waals surface area contributed by atoms with Crippen LogP contribution in [0.15, 0.2) is 24.3 Å². The molecule has 1 aromatic rings. The molecule has 0 aliphatic carbocycles. The molecule has 1 amide bonds. The number of rotatable bonds is 9. The van der Waals surface area contributed by atoms with Crippen LogP contribution >= 0.6 is 12.4 Å². The van der Waals surface area contributed by atoms with Crippen molar-refractivity contribution in [1.29, 1.82) is 0 Å². The fraction of sp³-hybridized carbons (Fsp3) is 0.632. The number of hydrogen-bond donors (Lipinski definition) is 2. The summed E-state index contributed by atoms with van der Waals surface area (Å²) in [4.78, 5) is 14.4. The first-order valence-electron chi connectivity index (χ1n) is 9.15. The highest BCUT2D eigenvalue weighted by atomic mass is 35.5. The smallest absolute Gasteiger partial charge is 0.237 e. The van der Waals surface area contributed by atoms with Crippen LogP contribution in [0.1, 0.15) is 25.8 Å². The van der Waals surface area contributed by atoms with Crippen molar-refractivity contribution in [3.63, 3.8) is 0 Å². The average molecular weight is 386 g/mol. The number of hydrogen-bond acceptors (Lipinski definition) is 5. The highest BCUT2D eigenvalue weighted by Gasteiger charge is 2.18. The van der Waals surface area contributed by atoms with Crippen LogP contribution in [-0.4, -0.2) is 56.3 Å². The van der Waals surface area contributed by atoms with Crippen molar-refractivity contribution in [2.24, 2.45) is 11.7 Å². The maximum atomic E-state index is 12.1. The number of nitrogens with two attached hydrogens (primary N) is 1. The molecule has 0 spiro atoms. The molecular weight excluding hydrogens is 354 g/mol. The number of benzene rings is 1. The molecule has 0 radical (unpaired) electrons. The Morgan fingerprint density at radius 1 is 1.38 bits per heavy atom. The summed E-state index contributed by atoms with van der Waals surface area (Å²) >= 11 is 0. The van der Waals surface area contributed by atoms with Gasteiger partial charge in [-0.1, -0.05) is 32.4 Å². The number of nitrogens with zero attached hydrogens (tertiary/aromatic N) is 1. The molecule has 26 heavy (non-hydrogen) atoms. The van der Waals surface area contributed by atoms with Crippen LogP contribution in [0, 0.1) is 5.92 Å². The van der Waals surface area contributed by atoms with Gasteiger partial charge in [-0.05, 0) is 23.6 Å². The minimum absolute atomic E-state index is 0. The molecule has 0 aromatic heterocycles. The zero-order chi connectivity index (χ0) is 18.1. The van der Waals surface area contributed by atoms with Crippen molar-refractivity contribution in [2.45, 2.75) is 32.9 Å². The summed E-state index contributed by atoms with van der Waals surface area (Å²) in [5.74, 6) is 0.897. The third-order valence-electron chi connectivity index (χ3n) is 4.70. The van der Waals surface area contributed by atoms with E-state index >= 15 is 0 Å². The van der Waals surface area contributed by atoms with Gasteiger partial charge in [0.1, 0.15) is 12.4 Å². The third-order valence-corrected chi connectivity index (χ3v) is 4.70. The lowest BCUT2D eigenvalue weighted by Gasteiger charge is -2.26. The van der Waals surface area contributed by atoms with Crippen molar-refractivity contribution in [1.82, 2.24) is 10.2 Å². The van der Waals surface area contributed by atoms with E-state index in [2.05, 4.69) is 10.2 Å². The molecule has 148 valence electrons. The molecule has 2 unspecified atom stereocenters. The number of halogens is 1. The zero-order valence-electron chi connectivity index (χ0n) is 15.8. The largest absolute Gasteiger partial charge is 0.492 e. The van der Waals surface area contributed by atoms with Gasteiger partial charge in [0.05, 0.1) is 19.3 Å². The fourth-order valence-corrected chi connectivity index (χ4v) is 2.68. The molecule has 1 aromatic carbocycles. The Balaban J connectivity index is 0.00000338. The Labute approximate surface area is 162 Å². The minimum Gasteiger partial charge on any atom is -0.492 e. The molecule has 0 bridgehead atoms. The fourth-order valence-electron chi connectivity index (χ4n) is 2.68. The van der Waals surface area contributed by atoms with Gasteiger partial charge in [-0.25, -0.2) is 0 Å². The van der Waals surface area contributed by atoms with Gasteiger partial charge in [0.25, 0.3) is 0 Å². The van der Waals surface area contributed by atoms with E-state index < -0.39 is 6.04 Å². The summed E-state index contributed by atoms with van der Waals surface area (Å²) in [7, 11) is 0. The van der Waals surface area contributed by atoms with Gasteiger partial charge >= 0.3 is 0 Å². The molecule has 1 fully saturated rings. The monoisotopic (exact) mass is 385 g/mol. The number of carbonyl (C=O) groups is 1. The van der Waals surface area contributed by atoms with Crippen molar-refractivity contribution in [3.05, 3.63) is 29.8 Å². The highest BCUT2D eigenvalue weighted by Crippen LogP contribution is 2.14. The zero-order valence-corrected chi connectivity index (χ0v) is 16.6. The molecule has 1 saturated heterocycles. The van der Waals surface area contributed by atoms with Gasteiger partial charge < -0.3 is 20.5 Å². The molecular formula is C19H32ClN3O3. The van der Waals surface area contributed by atoms with E-state index in [4.69, 9.17) is 15.2 Å². The van der Waals surface area contributed by atoms with E-state index in [9.17, 15) is 4.79 Å². The number of ether oxygens (including phenoxy) is 2. The predicted octanol–water partition coefficient (Wildman–Crippen LogP) is 1.81. The summed E-state index contributed by atoms with van der Waals surface area (Å²) in [5, 5.41) is 2.91. The van der Waals surface area contributed by atoms with Crippen LogP contribution in [0.5, 0.6) is 5.75 Å². The summed E-state index contributed by atoms with van der Waals surface area (Å²) in [6, 6.07) is 7.37. The number of amides is 1. The standard InChI is InChI=1S/C19H31N3O3.ClH/c1-3-15(2)18(20)19(23)21-14-16-5-4-6-17(13-16)25-12-9-22-7-10-24-11-8-22;/h4-6,13,15,18H,3,7-12,14,20H2,1-2H3,(H,21,23);1H. The molecule has 1 aliphatic heterocycles. The molecule has 2 rings (SSSR count). The number of carbonyl (C=O) groups excluding carboxylic acids is 1. The molecule has 1 aliphatic rings. The summed E-state index contributed by atoms with van der Waals surface area (Å²) in [6.45, 7) is 9.56. The van der Waals surface area contributed by atoms with Crippen LogP contribution in [0.25, 0.3) is 0 Å². The van der Waals surface area contributed by atoms with Gasteiger partial charge in [0, 0.05) is 26.2 Å². The van der Waals surface area contributed by atoms with Gasteiger partial charge in [-0.3, -0.25) is 9.69 Å². The molecule has 6 nitrogen and oxygen atoms in total. The first kappa shape index (κ1) is 22.7. The van der Waals surface area contributed by atoms with Gasteiger partial charge in [0.2, 0.25) is 5.91 Å². The summed E-state index contributed by atoms with van der Waals surface area (Å²) in [6.07, 6.45) is 0.890. The van der Waals surface area contributed by atoms with Crippen molar-refractivity contribution in [3.8, 4) is 5.75 Å². The van der Waals surface area contributed by atoms with Crippen LogP contribution in [-0.2, 0) is 16.1 Å². The van der Waals surface area contributed by atoms with E-state index in [-0.39, 0.29) is 24.2 Å². The first-order chi connectivity index (χ1) is 12.1. The first-order valence-corrected chi connectivity index (χ1v) is 9.15. The van der Waals surface area contributed by atoms with Crippen molar-refractivity contribution < 1.29 is 14.3 Å². The Morgan fingerprint density at radius 2 is 2.12 bits per heavy atom. The number of nitrogens with one attached hydrogen (secondary N) is 1. The molecule has 3 N–H and O–H groups in total. The molecule has 0 saturated carbocycles. The van der Waals surface area contributed by atoms with Crippen LogP contribution < -0.4 is 15.8 Å². The van der Waals surface area contributed by atoms with E-state index in [1.165, 1.54) is 0 Å². The normalized spacial score (nSPS) is 17.0. The third kappa shape index (κ3) is 7.50. The lowest BCUT2D eigenvalue weighted by Crippen LogP contribution is -2.44. The van der Waals surface area contributed by atoms with E-state index in [1.807, 2.05) is 38.1 Å². The van der Waals surface area contributed by atoms with Crippen molar-refractivity contribution in [2.75, 3.05) is 39.5 Å². The molecule has 1 heterocycles. The topological polar surface area (TPSA) is 76.8 Å². The van der Waals surface area contributed by atoms with Gasteiger partial charge in [-0.2, -0.15) is 0 Å². The Morgan fingerprint density at radius 3 is 2.81 bits per heavy atom. The Kier molecular flexibility index (Phi) is 10.6. The predicted molar refractivity (Wildman–Crippen MR) is 106 cm³/mol. The average Bonchev–Trinajstić information content (AvgIpc) is 2.66.